The number of rotatable bonds is 8. The smallest absolute Gasteiger partial charge is 0.367 e. The number of benzene rings is 1. The van der Waals surface area contributed by atoms with Crippen LogP contribution in [0.1, 0.15) is 47.1 Å². The van der Waals surface area contributed by atoms with Crippen LogP contribution in [0.3, 0.4) is 0 Å². The molecule has 21 heavy (non-hydrogen) atoms. The molecule has 0 amide bonds. The first kappa shape index (κ1) is 18.1. The predicted molar refractivity (Wildman–Crippen MR) is 90.6 cm³/mol. The Morgan fingerprint density at radius 1 is 0.905 bits per heavy atom. The van der Waals surface area contributed by atoms with E-state index in [9.17, 15) is 0 Å². The van der Waals surface area contributed by atoms with Gasteiger partial charge in [0.1, 0.15) is 0 Å². The van der Waals surface area contributed by atoms with Gasteiger partial charge in [-0.05, 0) is 53.2 Å². The summed E-state index contributed by atoms with van der Waals surface area (Å²) in [5.41, 5.74) is 1.04. The van der Waals surface area contributed by atoms with E-state index in [1.807, 2.05) is 71.9 Å². The SMILES string of the molecule is C=Cc1cccc([Si](OC(C)C)(OC(C)C)OC(C)C)c1. The molecule has 0 atom stereocenters. The van der Waals surface area contributed by atoms with Gasteiger partial charge in [0, 0.05) is 23.5 Å². The zero-order valence-electron chi connectivity index (χ0n) is 14.1. The third-order valence-electron chi connectivity index (χ3n) is 2.65. The summed E-state index contributed by atoms with van der Waals surface area (Å²) in [6.45, 7) is 15.9. The zero-order chi connectivity index (χ0) is 16.0. The number of hydrogen-bond acceptors (Lipinski definition) is 3. The summed E-state index contributed by atoms with van der Waals surface area (Å²) < 4.78 is 18.6. The van der Waals surface area contributed by atoms with Crippen molar-refractivity contribution in [3.8, 4) is 0 Å². The lowest BCUT2D eigenvalue weighted by Gasteiger charge is -2.34. The summed E-state index contributed by atoms with van der Waals surface area (Å²) in [5.74, 6) is 0. The van der Waals surface area contributed by atoms with Crippen LogP contribution < -0.4 is 5.19 Å². The molecule has 0 unspecified atom stereocenters. The van der Waals surface area contributed by atoms with Gasteiger partial charge in [-0.3, -0.25) is 0 Å². The minimum Gasteiger partial charge on any atom is -0.367 e. The molecule has 1 rings (SSSR count). The van der Waals surface area contributed by atoms with Gasteiger partial charge in [-0.25, -0.2) is 0 Å². The molecule has 0 radical (unpaired) electrons. The largest absolute Gasteiger partial charge is 0.537 e. The lowest BCUT2D eigenvalue weighted by Crippen LogP contribution is -2.60. The van der Waals surface area contributed by atoms with Crippen molar-refractivity contribution >= 4 is 20.1 Å². The molecular formula is C17H28O3Si. The summed E-state index contributed by atoms with van der Waals surface area (Å²) in [6.07, 6.45) is 1.91. The van der Waals surface area contributed by atoms with E-state index >= 15 is 0 Å². The molecule has 0 aromatic heterocycles. The van der Waals surface area contributed by atoms with Crippen LogP contribution in [0.15, 0.2) is 30.8 Å². The van der Waals surface area contributed by atoms with E-state index in [2.05, 4.69) is 6.58 Å². The second kappa shape index (κ2) is 7.89. The minimum atomic E-state index is -2.96. The second-order valence-electron chi connectivity index (χ2n) is 5.89. The molecule has 0 N–H and O–H groups in total. The summed E-state index contributed by atoms with van der Waals surface area (Å²) in [4.78, 5) is 0. The Morgan fingerprint density at radius 2 is 1.38 bits per heavy atom. The summed E-state index contributed by atoms with van der Waals surface area (Å²) >= 11 is 0. The first-order valence-corrected chi connectivity index (χ1v) is 9.28. The third kappa shape index (κ3) is 5.40. The fraction of sp³-hybridized carbons (Fsp3) is 0.529. The van der Waals surface area contributed by atoms with Gasteiger partial charge < -0.3 is 13.3 Å². The Morgan fingerprint density at radius 3 is 1.76 bits per heavy atom. The Hall–Kier alpha value is -0.943. The highest BCUT2D eigenvalue weighted by Gasteiger charge is 2.46. The van der Waals surface area contributed by atoms with Crippen LogP contribution >= 0.6 is 0 Å². The average molecular weight is 308 g/mol. The number of hydrogen-bond donors (Lipinski definition) is 0. The van der Waals surface area contributed by atoms with Crippen molar-refractivity contribution in [3.63, 3.8) is 0 Å². The minimum absolute atomic E-state index is 0.0292. The second-order valence-corrected chi connectivity index (χ2v) is 8.28. The fourth-order valence-corrected chi connectivity index (χ4v) is 5.15. The molecule has 0 saturated carbocycles. The highest BCUT2D eigenvalue weighted by atomic mass is 28.4. The van der Waals surface area contributed by atoms with E-state index in [-0.39, 0.29) is 18.3 Å². The molecule has 0 heterocycles. The van der Waals surface area contributed by atoms with Crippen molar-refractivity contribution in [2.75, 3.05) is 0 Å². The average Bonchev–Trinajstić information content (AvgIpc) is 2.36. The molecule has 1 aromatic rings. The van der Waals surface area contributed by atoms with Crippen molar-refractivity contribution in [2.45, 2.75) is 59.9 Å². The first-order valence-electron chi connectivity index (χ1n) is 7.55. The van der Waals surface area contributed by atoms with Gasteiger partial charge in [0.15, 0.2) is 0 Å². The van der Waals surface area contributed by atoms with Crippen molar-refractivity contribution < 1.29 is 13.3 Å². The maximum Gasteiger partial charge on any atom is 0.537 e. The summed E-state index contributed by atoms with van der Waals surface area (Å²) in [5, 5.41) is 0.982. The van der Waals surface area contributed by atoms with Gasteiger partial charge >= 0.3 is 8.80 Å². The van der Waals surface area contributed by atoms with Gasteiger partial charge in [-0.15, -0.1) is 0 Å². The highest BCUT2D eigenvalue weighted by molar-refractivity contribution is 6.75. The first-order chi connectivity index (χ1) is 9.79. The van der Waals surface area contributed by atoms with Crippen molar-refractivity contribution in [1.82, 2.24) is 0 Å². The van der Waals surface area contributed by atoms with E-state index in [0.29, 0.717) is 0 Å². The molecule has 0 fully saturated rings. The van der Waals surface area contributed by atoms with Gasteiger partial charge in [-0.1, -0.05) is 30.9 Å². The van der Waals surface area contributed by atoms with Crippen LogP contribution in [-0.2, 0) is 13.3 Å². The molecule has 118 valence electrons. The van der Waals surface area contributed by atoms with Crippen molar-refractivity contribution in [1.29, 1.82) is 0 Å². The van der Waals surface area contributed by atoms with E-state index in [0.717, 1.165) is 10.8 Å². The third-order valence-corrected chi connectivity index (χ3v) is 6.01. The Balaban J connectivity index is 3.32. The highest BCUT2D eigenvalue weighted by Crippen LogP contribution is 2.18. The monoisotopic (exact) mass is 308 g/mol. The van der Waals surface area contributed by atoms with Gasteiger partial charge in [0.05, 0.1) is 0 Å². The molecule has 0 aliphatic rings. The molecular weight excluding hydrogens is 280 g/mol. The van der Waals surface area contributed by atoms with E-state index in [4.69, 9.17) is 13.3 Å². The van der Waals surface area contributed by atoms with E-state index < -0.39 is 8.80 Å². The van der Waals surface area contributed by atoms with Gasteiger partial charge in [-0.2, -0.15) is 0 Å². The maximum atomic E-state index is 6.21. The van der Waals surface area contributed by atoms with Crippen LogP contribution in [0.2, 0.25) is 0 Å². The van der Waals surface area contributed by atoms with Gasteiger partial charge in [0.25, 0.3) is 0 Å². The molecule has 0 bridgehead atoms. The van der Waals surface area contributed by atoms with Crippen LogP contribution in [0.4, 0.5) is 0 Å². The molecule has 3 nitrogen and oxygen atoms in total. The lowest BCUT2D eigenvalue weighted by molar-refractivity contribution is 0.0153. The van der Waals surface area contributed by atoms with Crippen LogP contribution in [-0.4, -0.2) is 27.1 Å². The molecule has 0 aliphatic carbocycles. The Labute approximate surface area is 130 Å². The van der Waals surface area contributed by atoms with Crippen molar-refractivity contribution in [3.05, 3.63) is 36.4 Å². The lowest BCUT2D eigenvalue weighted by atomic mass is 10.2. The predicted octanol–water partition coefficient (Wildman–Crippen LogP) is 3.75. The van der Waals surface area contributed by atoms with Gasteiger partial charge in [0.2, 0.25) is 0 Å². The Bertz CT molecular complexity index is 429. The van der Waals surface area contributed by atoms with Crippen molar-refractivity contribution in [2.24, 2.45) is 0 Å². The molecule has 4 heteroatoms. The molecule has 0 saturated heterocycles. The Kier molecular flexibility index (Phi) is 6.81. The van der Waals surface area contributed by atoms with E-state index in [1.54, 1.807) is 0 Å². The molecule has 0 aliphatic heterocycles. The van der Waals surface area contributed by atoms with E-state index in [1.165, 1.54) is 0 Å². The van der Waals surface area contributed by atoms with Crippen LogP contribution in [0.5, 0.6) is 0 Å². The standard InChI is InChI=1S/C17H28O3Si/c1-8-16-10-9-11-17(12-16)21(18-13(2)3,19-14(4)5)20-15(6)7/h8-15H,1H2,2-7H3. The molecule has 1 aromatic carbocycles. The molecule has 0 spiro atoms. The van der Waals surface area contributed by atoms with Crippen LogP contribution in [0.25, 0.3) is 6.08 Å². The topological polar surface area (TPSA) is 27.7 Å². The maximum absolute atomic E-state index is 6.21. The quantitative estimate of drug-likeness (QED) is 0.685. The zero-order valence-corrected chi connectivity index (χ0v) is 15.1. The van der Waals surface area contributed by atoms with Crippen LogP contribution in [0, 0.1) is 0 Å². The normalized spacial score (nSPS) is 12.4. The fourth-order valence-electron chi connectivity index (χ4n) is 2.07. The summed E-state index contributed by atoms with van der Waals surface area (Å²) in [7, 11) is -2.96. The summed E-state index contributed by atoms with van der Waals surface area (Å²) in [6, 6.07) is 8.07.